The molecule has 35 heteroatoms. The zero-order chi connectivity index (χ0) is 90.7. The van der Waals surface area contributed by atoms with Gasteiger partial charge in [0.1, 0.15) is 0 Å². The average Bonchev–Trinajstić information content (AvgIpc) is 1.73. The fourth-order valence-corrected chi connectivity index (χ4v) is 17.9. The van der Waals surface area contributed by atoms with E-state index >= 15 is 0 Å². The van der Waals surface area contributed by atoms with Gasteiger partial charge in [-0.05, 0) is 158 Å². The minimum absolute atomic E-state index is 0.429. The van der Waals surface area contributed by atoms with E-state index in [4.69, 9.17) is 48.9 Å². The van der Waals surface area contributed by atoms with Gasteiger partial charge < -0.3 is 127 Å². The van der Waals surface area contributed by atoms with Crippen molar-refractivity contribution in [3.05, 3.63) is 0 Å². The van der Waals surface area contributed by atoms with E-state index in [1.807, 2.05) is 0 Å². The molecular formula is C91H185N33O2. The van der Waals surface area contributed by atoms with E-state index in [0.717, 1.165) is 230 Å². The van der Waals surface area contributed by atoms with Gasteiger partial charge in [0.2, 0.25) is 0 Å². The summed E-state index contributed by atoms with van der Waals surface area (Å²) in [6, 6.07) is 1.62. The van der Waals surface area contributed by atoms with Gasteiger partial charge >= 0.3 is 0 Å². The van der Waals surface area contributed by atoms with E-state index < -0.39 is 0 Å². The maximum absolute atomic E-state index is 6.25. The van der Waals surface area contributed by atoms with Crippen LogP contribution in [0.15, 0.2) is 54.9 Å². The standard InChI is InChI=1S/C28H55N9.C21H40N6.C14H30N6O2.2C14H30N6/c1-22-7-9-23(10-8-22)21-24-11-13-25(14-12-24)36-27(30)33-17-19-37-20-18-35-28(37)34-16-6-4-3-5-15-32-26(29)31-2;1-3-11-27-12-10-24-21(27)26-19-9-5-7-17(15-19)13-16-6-4-8-18(14-16)25-20(22)23-2;1-3-7-20-8-4-18-14(20)19-6-10-22-12-11-21-9-5-17-13(15)16-2;2*1-3-11-20-12-10-19-14(20)18-9-7-5-4-6-8-17-13(15)16-2/h22-25H,3-21H2,1-2H3,(H,34,35)(H3,29,31,32)(H3,30,33,36);16-19H,3-15H2,1-2H3,(H,24,26)(H3,22,23,25);3-12H2,1-2H3,(H,18,19)(H3,15,16,17);2*3-12H2,1-2H3,(H,18,19)(H3,15,16,17). The van der Waals surface area contributed by atoms with Crippen LogP contribution in [0.25, 0.3) is 0 Å². The van der Waals surface area contributed by atoms with Crippen LogP contribution in [0.1, 0.15) is 253 Å². The van der Waals surface area contributed by atoms with Crippen LogP contribution in [0.5, 0.6) is 0 Å². The molecule has 0 spiro atoms. The molecule has 23 N–H and O–H groups in total. The number of aliphatic imine (C=N–C) groups is 11. The van der Waals surface area contributed by atoms with Gasteiger partial charge in [0, 0.05) is 171 Å². The lowest BCUT2D eigenvalue weighted by molar-refractivity contribution is 0.0517. The monoisotopic (exact) mass is 1770 g/mol. The minimum Gasteiger partial charge on any atom is -0.377 e. The Kier molecular flexibility index (Phi) is 60.1. The Labute approximate surface area is 763 Å². The second-order valence-electron chi connectivity index (χ2n) is 35.4. The van der Waals surface area contributed by atoms with Crippen LogP contribution in [-0.4, -0.2) is 327 Å². The highest BCUT2D eigenvalue weighted by molar-refractivity contribution is 5.84. The van der Waals surface area contributed by atoms with Gasteiger partial charge in [-0.2, -0.15) is 0 Å². The number of guanidine groups is 11. The molecule has 0 aromatic heterocycles. The SMILES string of the molecule is CCCN1CCN=C1NC1CCCC(CC2CCCC(NC(N)=NC)C2)C1.CCCN1CCN=C1NCCCCCCNC(N)=NC.CCCN1CCN=C1NCCCCCCNC(N)=NC.CCCN1CCN=C1NCCOCCOCCNC(N)=NC.CN=C(N)NCCCCCCNC1=NCCN1CCN=C(N)NC1CCC(CC2CCC(C)CC2)CC1. The predicted molar refractivity (Wildman–Crippen MR) is 533 cm³/mol. The normalized spacial score (nSPS) is 22.4. The molecule has 5 aliphatic heterocycles. The first-order valence-electron chi connectivity index (χ1n) is 49.8. The molecule has 4 atom stereocenters. The van der Waals surface area contributed by atoms with Crippen LogP contribution < -0.4 is 92.9 Å². The molecule has 5 heterocycles. The van der Waals surface area contributed by atoms with E-state index in [1.165, 1.54) is 192 Å². The largest absolute Gasteiger partial charge is 0.377 e. The van der Waals surface area contributed by atoms with Crippen molar-refractivity contribution >= 4 is 65.6 Å². The molecule has 4 fully saturated rings. The van der Waals surface area contributed by atoms with Crippen LogP contribution in [0.4, 0.5) is 0 Å². The van der Waals surface area contributed by atoms with Gasteiger partial charge in [-0.25, -0.2) is 0 Å². The third-order valence-electron chi connectivity index (χ3n) is 24.9. The lowest BCUT2D eigenvalue weighted by Gasteiger charge is -2.36. The maximum Gasteiger partial charge on any atom is 0.194 e. The first-order valence-corrected chi connectivity index (χ1v) is 49.8. The highest BCUT2D eigenvalue weighted by Gasteiger charge is 2.31. The molecule has 126 heavy (non-hydrogen) atoms. The summed E-state index contributed by atoms with van der Waals surface area (Å²) >= 11 is 0. The number of nitrogens with zero attached hydrogens (tertiary/aromatic N) is 16. The van der Waals surface area contributed by atoms with Crippen LogP contribution in [0.3, 0.4) is 0 Å². The fourth-order valence-electron chi connectivity index (χ4n) is 17.9. The molecule has 4 unspecified atom stereocenters. The molecule has 0 aromatic rings. The topological polar surface area (TPSA) is 459 Å². The number of nitrogens with two attached hydrogens (primary N) is 6. The molecule has 9 rings (SSSR count). The molecule has 4 saturated carbocycles. The molecule has 0 saturated heterocycles. The van der Waals surface area contributed by atoms with Crippen molar-refractivity contribution in [1.29, 1.82) is 0 Å². The first kappa shape index (κ1) is 108. The number of hydrogen-bond acceptors (Lipinski definition) is 23. The van der Waals surface area contributed by atoms with Crippen LogP contribution in [0, 0.1) is 29.6 Å². The van der Waals surface area contributed by atoms with Crippen molar-refractivity contribution in [3.63, 3.8) is 0 Å². The molecule has 726 valence electrons. The van der Waals surface area contributed by atoms with Gasteiger partial charge in [0.25, 0.3) is 0 Å². The smallest absolute Gasteiger partial charge is 0.194 e. The summed E-state index contributed by atoms with van der Waals surface area (Å²) in [7, 11) is 8.49. The van der Waals surface area contributed by atoms with E-state index in [9.17, 15) is 0 Å². The molecule has 0 aromatic carbocycles. The molecule has 9 aliphatic rings. The highest BCUT2D eigenvalue weighted by atomic mass is 16.5. The summed E-state index contributed by atoms with van der Waals surface area (Å²) in [5.41, 5.74) is 34.4. The summed E-state index contributed by atoms with van der Waals surface area (Å²) in [4.78, 5) is 58.6. The lowest BCUT2D eigenvalue weighted by atomic mass is 9.75. The van der Waals surface area contributed by atoms with Crippen LogP contribution in [-0.2, 0) is 9.47 Å². The van der Waals surface area contributed by atoms with E-state index in [-0.39, 0.29) is 0 Å². The molecule has 0 amide bonds. The third kappa shape index (κ3) is 49.4. The lowest BCUT2D eigenvalue weighted by Crippen LogP contribution is -2.46. The Morgan fingerprint density at radius 2 is 0.667 bits per heavy atom. The third-order valence-corrected chi connectivity index (χ3v) is 24.9. The highest BCUT2D eigenvalue weighted by Crippen LogP contribution is 2.38. The molecular weight excluding hydrogens is 1590 g/mol. The Hall–Kier alpha value is -8.11. The number of nitrogens with one attached hydrogen (secondary N) is 11. The van der Waals surface area contributed by atoms with E-state index in [2.05, 4.69) is 168 Å². The van der Waals surface area contributed by atoms with Crippen LogP contribution >= 0.6 is 0 Å². The van der Waals surface area contributed by atoms with Gasteiger partial charge in [-0.15, -0.1) is 0 Å². The van der Waals surface area contributed by atoms with Crippen molar-refractivity contribution in [3.8, 4) is 0 Å². The Bertz CT molecular complexity index is 3070. The summed E-state index contributed by atoms with van der Waals surface area (Å²) in [5.74, 6) is 13.1. The first-order chi connectivity index (χ1) is 61.5. The summed E-state index contributed by atoms with van der Waals surface area (Å²) < 4.78 is 10.9. The second kappa shape index (κ2) is 69.9. The van der Waals surface area contributed by atoms with Crippen molar-refractivity contribution in [1.82, 2.24) is 83.0 Å². The van der Waals surface area contributed by atoms with E-state index in [0.29, 0.717) is 93.4 Å². The van der Waals surface area contributed by atoms with Crippen molar-refractivity contribution < 1.29 is 9.47 Å². The van der Waals surface area contributed by atoms with Gasteiger partial charge in [0.05, 0.1) is 65.7 Å². The van der Waals surface area contributed by atoms with Crippen molar-refractivity contribution in [2.45, 2.75) is 271 Å². The zero-order valence-corrected chi connectivity index (χ0v) is 80.9. The Balaban J connectivity index is 0.000000286. The average molecular weight is 1770 g/mol. The molecule has 35 nitrogen and oxygen atoms in total. The van der Waals surface area contributed by atoms with Crippen molar-refractivity contribution in [2.75, 3.05) is 219 Å². The number of unbranched alkanes of at least 4 members (excludes halogenated alkanes) is 9. The Morgan fingerprint density at radius 1 is 0.333 bits per heavy atom. The molecule has 4 aliphatic carbocycles. The zero-order valence-electron chi connectivity index (χ0n) is 80.9. The second-order valence-corrected chi connectivity index (χ2v) is 35.4. The van der Waals surface area contributed by atoms with Gasteiger partial charge in [-0.3, -0.25) is 54.9 Å². The number of hydrogen-bond donors (Lipinski definition) is 17. The van der Waals surface area contributed by atoms with E-state index in [1.54, 1.807) is 35.2 Å². The summed E-state index contributed by atoms with van der Waals surface area (Å²) in [6.07, 6.45) is 43.2. The minimum atomic E-state index is 0.429. The van der Waals surface area contributed by atoms with Crippen molar-refractivity contribution in [2.24, 2.45) is 119 Å². The quantitative estimate of drug-likeness (QED) is 0.0177. The summed E-state index contributed by atoms with van der Waals surface area (Å²) in [5, 5.41) is 36.6. The number of rotatable bonds is 48. The maximum atomic E-state index is 6.25. The predicted octanol–water partition coefficient (Wildman–Crippen LogP) is 6.45. The fraction of sp³-hybridized carbons (Fsp3) is 0.879. The van der Waals surface area contributed by atoms with Gasteiger partial charge in [0.15, 0.2) is 65.6 Å². The summed E-state index contributed by atoms with van der Waals surface area (Å²) in [6.45, 7) is 36.5. The Morgan fingerprint density at radius 3 is 1.08 bits per heavy atom. The molecule has 0 bridgehead atoms. The van der Waals surface area contributed by atoms with Crippen LogP contribution in [0.2, 0.25) is 0 Å². The molecule has 0 radical (unpaired) electrons. The number of ether oxygens (including phenoxy) is 2. The van der Waals surface area contributed by atoms with Gasteiger partial charge in [-0.1, -0.05) is 125 Å².